The SMILES string of the molecule is N#Cc1cc(NC(=O)c2ccc(Cl)s2)ccc1F. The Morgan fingerprint density at radius 2 is 2.17 bits per heavy atom. The van der Waals surface area contributed by atoms with Gasteiger partial charge in [-0.05, 0) is 30.3 Å². The van der Waals surface area contributed by atoms with Gasteiger partial charge in [0, 0.05) is 5.69 Å². The standard InChI is InChI=1S/C12H6ClFN2OS/c13-11-4-3-10(18-11)12(17)16-8-1-2-9(14)7(5-8)6-15/h1-5H,(H,16,17). The van der Waals surface area contributed by atoms with E-state index in [1.54, 1.807) is 18.2 Å². The average molecular weight is 281 g/mol. The molecule has 0 radical (unpaired) electrons. The molecule has 0 bridgehead atoms. The molecule has 18 heavy (non-hydrogen) atoms. The molecule has 90 valence electrons. The molecule has 0 atom stereocenters. The molecule has 1 amide bonds. The largest absolute Gasteiger partial charge is 0.321 e. The van der Waals surface area contributed by atoms with Crippen LogP contribution in [0.4, 0.5) is 10.1 Å². The van der Waals surface area contributed by atoms with Crippen LogP contribution in [0.25, 0.3) is 0 Å². The quantitative estimate of drug-likeness (QED) is 0.912. The maximum Gasteiger partial charge on any atom is 0.265 e. The maximum atomic E-state index is 13.1. The van der Waals surface area contributed by atoms with Crippen molar-refractivity contribution >= 4 is 34.5 Å². The monoisotopic (exact) mass is 280 g/mol. The Morgan fingerprint density at radius 1 is 1.39 bits per heavy atom. The van der Waals surface area contributed by atoms with Crippen molar-refractivity contribution in [1.29, 1.82) is 5.26 Å². The van der Waals surface area contributed by atoms with Crippen molar-refractivity contribution in [3.63, 3.8) is 0 Å². The van der Waals surface area contributed by atoms with Gasteiger partial charge in [0.05, 0.1) is 14.8 Å². The molecule has 0 saturated heterocycles. The first-order valence-electron chi connectivity index (χ1n) is 4.86. The normalized spacial score (nSPS) is 9.83. The Bertz CT molecular complexity index is 648. The minimum Gasteiger partial charge on any atom is -0.321 e. The van der Waals surface area contributed by atoms with E-state index in [0.29, 0.717) is 14.9 Å². The molecule has 0 spiro atoms. The van der Waals surface area contributed by atoms with Crippen LogP contribution in [0.1, 0.15) is 15.2 Å². The number of nitrogens with zero attached hydrogens (tertiary/aromatic N) is 1. The third-order valence-corrected chi connectivity index (χ3v) is 3.37. The van der Waals surface area contributed by atoms with Crippen LogP contribution in [0.3, 0.4) is 0 Å². The summed E-state index contributed by atoms with van der Waals surface area (Å²) in [5.41, 5.74) is 0.250. The second-order valence-electron chi connectivity index (χ2n) is 3.36. The van der Waals surface area contributed by atoms with Crippen LogP contribution in [-0.4, -0.2) is 5.91 Å². The molecule has 1 aromatic heterocycles. The number of benzene rings is 1. The molecule has 2 rings (SSSR count). The highest BCUT2D eigenvalue weighted by Crippen LogP contribution is 2.22. The lowest BCUT2D eigenvalue weighted by molar-refractivity contribution is 0.103. The number of hydrogen-bond acceptors (Lipinski definition) is 3. The smallest absolute Gasteiger partial charge is 0.265 e. The van der Waals surface area contributed by atoms with Gasteiger partial charge in [-0.15, -0.1) is 11.3 Å². The molecule has 2 aromatic rings. The molecule has 1 N–H and O–H groups in total. The zero-order valence-corrected chi connectivity index (χ0v) is 10.5. The number of carbonyl (C=O) groups excluding carboxylic acids is 1. The Kier molecular flexibility index (Phi) is 3.60. The van der Waals surface area contributed by atoms with Gasteiger partial charge in [-0.2, -0.15) is 5.26 Å². The van der Waals surface area contributed by atoms with E-state index in [2.05, 4.69) is 5.32 Å². The summed E-state index contributed by atoms with van der Waals surface area (Å²) in [4.78, 5) is 12.2. The van der Waals surface area contributed by atoms with Gasteiger partial charge < -0.3 is 5.32 Å². The van der Waals surface area contributed by atoms with Crippen molar-refractivity contribution in [3.8, 4) is 6.07 Å². The van der Waals surface area contributed by atoms with Crippen molar-refractivity contribution < 1.29 is 9.18 Å². The molecule has 6 heteroatoms. The summed E-state index contributed by atoms with van der Waals surface area (Å²) in [7, 11) is 0. The zero-order valence-electron chi connectivity index (χ0n) is 8.91. The number of halogens is 2. The first-order valence-corrected chi connectivity index (χ1v) is 6.06. The Morgan fingerprint density at radius 3 is 2.78 bits per heavy atom. The molecule has 0 unspecified atom stereocenters. The van der Waals surface area contributed by atoms with Gasteiger partial charge in [-0.1, -0.05) is 11.6 Å². The van der Waals surface area contributed by atoms with E-state index in [9.17, 15) is 9.18 Å². The van der Waals surface area contributed by atoms with Gasteiger partial charge in [0.1, 0.15) is 11.9 Å². The summed E-state index contributed by atoms with van der Waals surface area (Å²) >= 11 is 6.86. The van der Waals surface area contributed by atoms with Crippen LogP contribution in [0.5, 0.6) is 0 Å². The Hall–Kier alpha value is -1.90. The summed E-state index contributed by atoms with van der Waals surface area (Å²) in [6.45, 7) is 0. The highest BCUT2D eigenvalue weighted by Gasteiger charge is 2.10. The second kappa shape index (κ2) is 5.17. The lowest BCUT2D eigenvalue weighted by Crippen LogP contribution is -2.10. The molecule has 0 aliphatic heterocycles. The van der Waals surface area contributed by atoms with Crippen molar-refractivity contribution in [2.75, 3.05) is 5.32 Å². The van der Waals surface area contributed by atoms with Crippen LogP contribution in [0, 0.1) is 17.1 Å². The number of anilines is 1. The van der Waals surface area contributed by atoms with Crippen LogP contribution in [-0.2, 0) is 0 Å². The molecule has 1 aromatic carbocycles. The number of thiophene rings is 1. The number of carbonyl (C=O) groups is 1. The van der Waals surface area contributed by atoms with E-state index in [0.717, 1.165) is 17.4 Å². The van der Waals surface area contributed by atoms with E-state index >= 15 is 0 Å². The fourth-order valence-electron chi connectivity index (χ4n) is 1.32. The fourth-order valence-corrected chi connectivity index (χ4v) is 2.26. The lowest BCUT2D eigenvalue weighted by Gasteiger charge is -2.04. The Labute approximate surface area is 111 Å². The number of rotatable bonds is 2. The minimum absolute atomic E-state index is 0.114. The van der Waals surface area contributed by atoms with Gasteiger partial charge in [-0.3, -0.25) is 4.79 Å². The van der Waals surface area contributed by atoms with Crippen LogP contribution < -0.4 is 5.32 Å². The molecule has 0 aliphatic rings. The van der Waals surface area contributed by atoms with E-state index in [-0.39, 0.29) is 11.5 Å². The van der Waals surface area contributed by atoms with Gasteiger partial charge in [0.25, 0.3) is 5.91 Å². The summed E-state index contributed by atoms with van der Waals surface area (Å²) < 4.78 is 13.6. The highest BCUT2D eigenvalue weighted by atomic mass is 35.5. The van der Waals surface area contributed by atoms with Gasteiger partial charge in [0.2, 0.25) is 0 Å². The van der Waals surface area contributed by atoms with Gasteiger partial charge in [0.15, 0.2) is 0 Å². The fraction of sp³-hybridized carbons (Fsp3) is 0. The summed E-state index contributed by atoms with van der Waals surface area (Å²) in [5, 5.41) is 11.2. The number of nitriles is 1. The van der Waals surface area contributed by atoms with Crippen molar-refractivity contribution in [3.05, 3.63) is 50.9 Å². The summed E-state index contributed by atoms with van der Waals surface area (Å²) in [6, 6.07) is 8.73. The summed E-state index contributed by atoms with van der Waals surface area (Å²) in [6.07, 6.45) is 0. The van der Waals surface area contributed by atoms with Gasteiger partial charge >= 0.3 is 0 Å². The van der Waals surface area contributed by atoms with Crippen LogP contribution in [0.2, 0.25) is 4.34 Å². The molecular weight excluding hydrogens is 275 g/mol. The Balaban J connectivity index is 2.20. The minimum atomic E-state index is -0.616. The first kappa shape index (κ1) is 12.6. The van der Waals surface area contributed by atoms with E-state index in [1.807, 2.05) is 0 Å². The molecule has 0 saturated carbocycles. The predicted molar refractivity (Wildman–Crippen MR) is 68.4 cm³/mol. The number of hydrogen-bond donors (Lipinski definition) is 1. The highest BCUT2D eigenvalue weighted by molar-refractivity contribution is 7.18. The predicted octanol–water partition coefficient (Wildman–Crippen LogP) is 3.66. The third kappa shape index (κ3) is 2.67. The lowest BCUT2D eigenvalue weighted by atomic mass is 10.2. The average Bonchev–Trinajstić information content (AvgIpc) is 2.78. The maximum absolute atomic E-state index is 13.1. The molecule has 0 fully saturated rings. The number of nitrogens with one attached hydrogen (secondary N) is 1. The molecular formula is C12H6ClFN2OS. The summed E-state index contributed by atoms with van der Waals surface area (Å²) in [5.74, 6) is -0.961. The van der Waals surface area contributed by atoms with Crippen molar-refractivity contribution in [1.82, 2.24) is 0 Å². The van der Waals surface area contributed by atoms with E-state index in [4.69, 9.17) is 16.9 Å². The van der Waals surface area contributed by atoms with E-state index < -0.39 is 5.82 Å². The number of amides is 1. The van der Waals surface area contributed by atoms with Crippen molar-refractivity contribution in [2.45, 2.75) is 0 Å². The molecule has 1 heterocycles. The van der Waals surface area contributed by atoms with Crippen LogP contribution in [0.15, 0.2) is 30.3 Å². The second-order valence-corrected chi connectivity index (χ2v) is 5.08. The van der Waals surface area contributed by atoms with Crippen molar-refractivity contribution in [2.24, 2.45) is 0 Å². The third-order valence-electron chi connectivity index (χ3n) is 2.14. The van der Waals surface area contributed by atoms with Gasteiger partial charge in [-0.25, -0.2) is 4.39 Å². The zero-order chi connectivity index (χ0) is 13.1. The van der Waals surface area contributed by atoms with E-state index in [1.165, 1.54) is 12.1 Å². The van der Waals surface area contributed by atoms with Crippen LogP contribution >= 0.6 is 22.9 Å². The molecule has 0 aliphatic carbocycles. The first-order chi connectivity index (χ1) is 8.60. The topological polar surface area (TPSA) is 52.9 Å². The molecule has 3 nitrogen and oxygen atoms in total.